The van der Waals surface area contributed by atoms with Crippen LogP contribution < -0.4 is 9.80 Å². The van der Waals surface area contributed by atoms with E-state index in [4.69, 9.17) is 0 Å². The molecule has 3 rings (SSSR count). The highest BCUT2D eigenvalue weighted by Gasteiger charge is 2.22. The summed E-state index contributed by atoms with van der Waals surface area (Å²) in [7, 11) is 4.24. The third-order valence-electron chi connectivity index (χ3n) is 6.60. The molecule has 1 saturated carbocycles. The minimum atomic E-state index is 0.998. The zero-order chi connectivity index (χ0) is 18.4. The van der Waals surface area contributed by atoms with Crippen molar-refractivity contribution in [3.8, 4) is 0 Å². The number of piperazine rings is 1. The van der Waals surface area contributed by atoms with Crippen LogP contribution in [0.1, 0.15) is 51.9 Å². The molecule has 0 unspecified atom stereocenters. The summed E-state index contributed by atoms with van der Waals surface area (Å²) < 4.78 is 0. The van der Waals surface area contributed by atoms with Crippen molar-refractivity contribution < 1.29 is 0 Å². The Balaban J connectivity index is 1.38. The quantitative estimate of drug-likeness (QED) is 0.689. The molecule has 1 saturated heterocycles. The average Bonchev–Trinajstić information content (AvgIpc) is 2.68. The van der Waals surface area contributed by atoms with Gasteiger partial charge in [-0.3, -0.25) is 4.90 Å². The van der Waals surface area contributed by atoms with Gasteiger partial charge in [0.1, 0.15) is 0 Å². The first-order valence-electron chi connectivity index (χ1n) is 10.9. The molecule has 1 aromatic carbocycles. The van der Waals surface area contributed by atoms with Gasteiger partial charge in [-0.25, -0.2) is 0 Å². The van der Waals surface area contributed by atoms with Gasteiger partial charge >= 0.3 is 0 Å². The molecule has 0 atom stereocenters. The fourth-order valence-electron chi connectivity index (χ4n) is 4.78. The Morgan fingerprint density at radius 1 is 0.923 bits per heavy atom. The molecule has 1 heterocycles. The van der Waals surface area contributed by atoms with E-state index >= 15 is 0 Å². The van der Waals surface area contributed by atoms with Gasteiger partial charge in [0.2, 0.25) is 0 Å². The minimum absolute atomic E-state index is 0.998. The van der Waals surface area contributed by atoms with Crippen molar-refractivity contribution in [1.29, 1.82) is 0 Å². The van der Waals surface area contributed by atoms with Gasteiger partial charge in [0, 0.05) is 51.6 Å². The van der Waals surface area contributed by atoms with Crippen LogP contribution in [0.5, 0.6) is 0 Å². The van der Waals surface area contributed by atoms with Gasteiger partial charge in [0.05, 0.1) is 0 Å². The van der Waals surface area contributed by atoms with E-state index < -0.39 is 0 Å². The molecule has 3 heteroatoms. The van der Waals surface area contributed by atoms with Crippen molar-refractivity contribution in [2.45, 2.75) is 51.9 Å². The second-order valence-electron chi connectivity index (χ2n) is 8.71. The molecule has 146 valence electrons. The van der Waals surface area contributed by atoms with Crippen LogP contribution in [-0.2, 0) is 0 Å². The van der Waals surface area contributed by atoms with Crippen molar-refractivity contribution in [2.75, 3.05) is 56.6 Å². The first kappa shape index (κ1) is 19.5. The maximum absolute atomic E-state index is 2.70. The second-order valence-corrected chi connectivity index (χ2v) is 8.71. The molecule has 2 fully saturated rings. The molecule has 0 amide bonds. The molecule has 1 aromatic rings. The van der Waals surface area contributed by atoms with E-state index in [-0.39, 0.29) is 0 Å². The van der Waals surface area contributed by atoms with Crippen molar-refractivity contribution in [2.24, 2.45) is 11.8 Å². The van der Waals surface area contributed by atoms with Crippen molar-refractivity contribution in [1.82, 2.24) is 4.90 Å². The summed E-state index contributed by atoms with van der Waals surface area (Å²) in [4.78, 5) is 7.44. The maximum Gasteiger partial charge on any atom is 0.0387 e. The summed E-state index contributed by atoms with van der Waals surface area (Å²) in [5.41, 5.74) is 2.67. The Labute approximate surface area is 161 Å². The molecule has 0 bridgehead atoms. The first-order chi connectivity index (χ1) is 12.7. The topological polar surface area (TPSA) is 9.72 Å². The van der Waals surface area contributed by atoms with Crippen LogP contribution in [0.2, 0.25) is 0 Å². The second kappa shape index (κ2) is 9.64. The molecule has 0 aromatic heterocycles. The van der Waals surface area contributed by atoms with Crippen LogP contribution >= 0.6 is 0 Å². The van der Waals surface area contributed by atoms with Crippen molar-refractivity contribution >= 4 is 11.4 Å². The number of rotatable bonds is 7. The first-order valence-corrected chi connectivity index (χ1v) is 10.9. The Bertz CT molecular complexity index is 526. The fraction of sp³-hybridized carbons (Fsp3) is 0.739. The van der Waals surface area contributed by atoms with E-state index in [1.165, 1.54) is 89.0 Å². The van der Waals surface area contributed by atoms with E-state index in [0.29, 0.717) is 0 Å². The van der Waals surface area contributed by atoms with Gasteiger partial charge in [-0.2, -0.15) is 0 Å². The lowest BCUT2D eigenvalue weighted by molar-refractivity contribution is 0.200. The lowest BCUT2D eigenvalue weighted by atomic mass is 9.79. The highest BCUT2D eigenvalue weighted by atomic mass is 15.3. The highest BCUT2D eigenvalue weighted by Crippen LogP contribution is 2.33. The number of anilines is 2. The third-order valence-corrected chi connectivity index (χ3v) is 6.60. The smallest absolute Gasteiger partial charge is 0.0387 e. The van der Waals surface area contributed by atoms with E-state index in [1.54, 1.807) is 0 Å². The number of hydrogen-bond acceptors (Lipinski definition) is 3. The summed E-state index contributed by atoms with van der Waals surface area (Å²) in [5, 5.41) is 0. The number of benzene rings is 1. The van der Waals surface area contributed by atoms with Gasteiger partial charge in [-0.1, -0.05) is 51.5 Å². The van der Waals surface area contributed by atoms with Gasteiger partial charge < -0.3 is 9.80 Å². The highest BCUT2D eigenvalue weighted by molar-refractivity contribution is 5.59. The molecular formula is C23H39N3. The average molecular weight is 358 g/mol. The molecule has 3 nitrogen and oxygen atoms in total. The van der Waals surface area contributed by atoms with E-state index in [0.717, 1.165) is 11.8 Å². The Morgan fingerprint density at radius 2 is 1.58 bits per heavy atom. The van der Waals surface area contributed by atoms with Crippen LogP contribution in [0.3, 0.4) is 0 Å². The SMILES string of the molecule is CCCC1CCC(CCN2CCN(c3cccc(N(C)C)c3)CC2)CC1. The molecule has 26 heavy (non-hydrogen) atoms. The zero-order valence-corrected chi connectivity index (χ0v) is 17.3. The normalized spacial score (nSPS) is 24.7. The van der Waals surface area contributed by atoms with Crippen LogP contribution in [-0.4, -0.2) is 51.7 Å². The van der Waals surface area contributed by atoms with Gasteiger partial charge in [-0.15, -0.1) is 0 Å². The monoisotopic (exact) mass is 357 g/mol. The maximum atomic E-state index is 2.70. The van der Waals surface area contributed by atoms with Gasteiger partial charge in [0.25, 0.3) is 0 Å². The molecule has 0 radical (unpaired) electrons. The Kier molecular flexibility index (Phi) is 7.24. The predicted molar refractivity (Wildman–Crippen MR) is 114 cm³/mol. The van der Waals surface area contributed by atoms with E-state index in [2.05, 4.69) is 60.0 Å². The van der Waals surface area contributed by atoms with Crippen LogP contribution in [0.4, 0.5) is 11.4 Å². The Hall–Kier alpha value is -1.22. The van der Waals surface area contributed by atoms with Crippen LogP contribution in [0.15, 0.2) is 24.3 Å². The summed E-state index contributed by atoms with van der Waals surface area (Å²) in [5.74, 6) is 2.04. The largest absolute Gasteiger partial charge is 0.378 e. The molecule has 2 aliphatic rings. The standard InChI is InChI=1S/C23H39N3/c1-4-6-20-9-11-21(12-10-20)13-14-25-15-17-26(18-16-25)23-8-5-7-22(19-23)24(2)3/h5,7-8,19-21H,4,6,9-18H2,1-3H3. The fourth-order valence-corrected chi connectivity index (χ4v) is 4.78. The molecule has 1 aliphatic heterocycles. The molecule has 1 aliphatic carbocycles. The molecular weight excluding hydrogens is 318 g/mol. The van der Waals surface area contributed by atoms with Gasteiger partial charge in [-0.05, 0) is 43.0 Å². The van der Waals surface area contributed by atoms with Crippen molar-refractivity contribution in [3.63, 3.8) is 0 Å². The van der Waals surface area contributed by atoms with E-state index in [1.807, 2.05) is 0 Å². The summed E-state index contributed by atoms with van der Waals surface area (Å²) in [6.07, 6.45) is 10.2. The lowest BCUT2D eigenvalue weighted by Gasteiger charge is -2.37. The summed E-state index contributed by atoms with van der Waals surface area (Å²) in [6, 6.07) is 8.96. The molecule has 0 N–H and O–H groups in total. The number of hydrogen-bond donors (Lipinski definition) is 0. The zero-order valence-electron chi connectivity index (χ0n) is 17.3. The summed E-state index contributed by atoms with van der Waals surface area (Å²) in [6.45, 7) is 8.42. The number of nitrogens with zero attached hydrogens (tertiary/aromatic N) is 3. The Morgan fingerprint density at radius 3 is 2.19 bits per heavy atom. The molecule has 0 spiro atoms. The van der Waals surface area contributed by atoms with Crippen LogP contribution in [0.25, 0.3) is 0 Å². The van der Waals surface area contributed by atoms with Crippen LogP contribution in [0, 0.1) is 11.8 Å². The summed E-state index contributed by atoms with van der Waals surface area (Å²) >= 11 is 0. The minimum Gasteiger partial charge on any atom is -0.378 e. The van der Waals surface area contributed by atoms with Gasteiger partial charge in [0.15, 0.2) is 0 Å². The third kappa shape index (κ3) is 5.39. The predicted octanol–water partition coefficient (Wildman–Crippen LogP) is 4.87. The lowest BCUT2D eigenvalue weighted by Crippen LogP contribution is -2.47. The van der Waals surface area contributed by atoms with Crippen molar-refractivity contribution in [3.05, 3.63) is 24.3 Å². The van der Waals surface area contributed by atoms with E-state index in [9.17, 15) is 0 Å².